The van der Waals surface area contributed by atoms with E-state index in [4.69, 9.17) is 4.99 Å². The number of hydrogen-bond acceptors (Lipinski definition) is 2. The lowest BCUT2D eigenvalue weighted by molar-refractivity contribution is 1.13. The van der Waals surface area contributed by atoms with Crippen LogP contribution in [-0.2, 0) is 0 Å². The lowest BCUT2D eigenvalue weighted by atomic mass is 9.96. The third-order valence-electron chi connectivity index (χ3n) is 3.68. The molecule has 0 aliphatic heterocycles. The maximum Gasteiger partial charge on any atom is 0.0794 e. The second-order valence-electron chi connectivity index (χ2n) is 5.03. The highest BCUT2D eigenvalue weighted by molar-refractivity contribution is 6.18. The Morgan fingerprint density at radius 2 is 1.64 bits per heavy atom. The first-order valence-corrected chi connectivity index (χ1v) is 7.44. The summed E-state index contributed by atoms with van der Waals surface area (Å²) < 4.78 is 0. The second-order valence-corrected chi connectivity index (χ2v) is 5.03. The number of aliphatic imine (C=N–C) groups is 2. The summed E-state index contributed by atoms with van der Waals surface area (Å²) in [5, 5.41) is 2.27. The van der Waals surface area contributed by atoms with E-state index in [0.29, 0.717) is 0 Å². The molecule has 0 fully saturated rings. The lowest BCUT2D eigenvalue weighted by Crippen LogP contribution is -2.04. The van der Waals surface area contributed by atoms with Gasteiger partial charge in [-0.05, 0) is 25.1 Å². The third-order valence-corrected chi connectivity index (χ3v) is 3.68. The summed E-state index contributed by atoms with van der Waals surface area (Å²) in [5.41, 5.74) is 4.00. The topological polar surface area (TPSA) is 24.7 Å². The zero-order valence-electron chi connectivity index (χ0n) is 12.7. The molecule has 0 amide bonds. The first-order valence-electron chi connectivity index (χ1n) is 7.44. The zero-order valence-corrected chi connectivity index (χ0v) is 12.7. The molecule has 3 rings (SSSR count). The average molecular weight is 286 g/mol. The molecule has 3 aromatic carbocycles. The van der Waals surface area contributed by atoms with Gasteiger partial charge < -0.3 is 0 Å². The molecule has 0 aliphatic carbocycles. The maximum atomic E-state index is 4.71. The van der Waals surface area contributed by atoms with Crippen molar-refractivity contribution in [3.63, 3.8) is 0 Å². The number of benzene rings is 3. The number of rotatable bonds is 4. The van der Waals surface area contributed by atoms with Crippen molar-refractivity contribution in [1.82, 2.24) is 0 Å². The molecular formula is C20H18N2. The Morgan fingerprint density at radius 1 is 0.909 bits per heavy atom. The molecule has 0 aromatic heterocycles. The molecular weight excluding hydrogens is 268 g/mol. The minimum absolute atomic E-state index is 0.730. The van der Waals surface area contributed by atoms with Gasteiger partial charge in [-0.2, -0.15) is 0 Å². The molecule has 2 nitrogen and oxygen atoms in total. The van der Waals surface area contributed by atoms with E-state index in [9.17, 15) is 0 Å². The van der Waals surface area contributed by atoms with E-state index in [0.717, 1.165) is 39.8 Å². The molecule has 0 atom stereocenters. The highest BCUT2D eigenvalue weighted by Crippen LogP contribution is 2.31. The van der Waals surface area contributed by atoms with Gasteiger partial charge in [-0.1, -0.05) is 60.7 Å². The van der Waals surface area contributed by atoms with Gasteiger partial charge in [0, 0.05) is 23.1 Å². The van der Waals surface area contributed by atoms with Gasteiger partial charge in [-0.25, -0.2) is 0 Å². The Labute approximate surface area is 130 Å². The lowest BCUT2D eigenvalue weighted by Gasteiger charge is -2.12. The Kier molecular flexibility index (Phi) is 4.10. The van der Waals surface area contributed by atoms with Crippen molar-refractivity contribution in [2.75, 3.05) is 6.54 Å². The van der Waals surface area contributed by atoms with Crippen molar-refractivity contribution in [3.05, 3.63) is 77.9 Å². The van der Waals surface area contributed by atoms with Crippen LogP contribution in [0.2, 0.25) is 0 Å². The van der Waals surface area contributed by atoms with Crippen molar-refractivity contribution in [3.8, 4) is 0 Å². The van der Waals surface area contributed by atoms with Gasteiger partial charge in [0.15, 0.2) is 0 Å². The van der Waals surface area contributed by atoms with Crippen molar-refractivity contribution < 1.29 is 0 Å². The fourth-order valence-corrected chi connectivity index (χ4v) is 2.70. The smallest absolute Gasteiger partial charge is 0.0794 e. The van der Waals surface area contributed by atoms with Crippen LogP contribution in [0.3, 0.4) is 0 Å². The molecule has 0 radical (unpaired) electrons. The normalized spacial score (nSPS) is 11.6. The van der Waals surface area contributed by atoms with Crippen LogP contribution in [-0.4, -0.2) is 19.0 Å². The average Bonchev–Trinajstić information content (AvgIpc) is 2.59. The van der Waals surface area contributed by atoms with Crippen LogP contribution >= 0.6 is 0 Å². The summed E-state index contributed by atoms with van der Waals surface area (Å²) in [5.74, 6) is 0. The molecule has 2 heteroatoms. The Balaban J connectivity index is 2.27. The predicted octanol–water partition coefficient (Wildman–Crippen LogP) is 5.03. The number of fused-ring (bicyclic) bond motifs is 1. The van der Waals surface area contributed by atoms with Gasteiger partial charge in [0.2, 0.25) is 0 Å². The summed E-state index contributed by atoms with van der Waals surface area (Å²) in [7, 11) is 0. The van der Waals surface area contributed by atoms with E-state index >= 15 is 0 Å². The molecule has 0 bridgehead atoms. The molecule has 0 N–H and O–H groups in total. The molecule has 0 heterocycles. The standard InChI is InChI=1S/C20H18N2/c1-3-22-19(16-10-5-4-6-11-16)18-14-13-15-9-7-8-12-17(15)20(18)21-2/h4-14H,2-3H2,1H3. The summed E-state index contributed by atoms with van der Waals surface area (Å²) in [6.45, 7) is 6.55. The quantitative estimate of drug-likeness (QED) is 0.601. The van der Waals surface area contributed by atoms with Crippen molar-refractivity contribution in [1.29, 1.82) is 0 Å². The summed E-state index contributed by atoms with van der Waals surface area (Å²) in [4.78, 5) is 9.01. The highest BCUT2D eigenvalue weighted by atomic mass is 14.8. The largest absolute Gasteiger partial charge is 0.284 e. The molecule has 0 saturated heterocycles. The van der Waals surface area contributed by atoms with E-state index in [1.807, 2.05) is 37.3 Å². The summed E-state index contributed by atoms with van der Waals surface area (Å²) in [6, 6.07) is 22.7. The van der Waals surface area contributed by atoms with Crippen molar-refractivity contribution in [2.24, 2.45) is 9.98 Å². The van der Waals surface area contributed by atoms with Gasteiger partial charge in [-0.15, -0.1) is 0 Å². The van der Waals surface area contributed by atoms with Crippen molar-refractivity contribution >= 4 is 28.9 Å². The second kappa shape index (κ2) is 6.35. The Hall–Kier alpha value is -2.74. The monoisotopic (exact) mass is 286 g/mol. The van der Waals surface area contributed by atoms with Crippen LogP contribution < -0.4 is 0 Å². The predicted molar refractivity (Wildman–Crippen MR) is 95.8 cm³/mol. The van der Waals surface area contributed by atoms with Crippen LogP contribution in [0.25, 0.3) is 10.8 Å². The van der Waals surface area contributed by atoms with Crippen LogP contribution in [0, 0.1) is 0 Å². The molecule has 0 unspecified atom stereocenters. The van der Waals surface area contributed by atoms with E-state index < -0.39 is 0 Å². The van der Waals surface area contributed by atoms with E-state index in [1.54, 1.807) is 0 Å². The van der Waals surface area contributed by atoms with Gasteiger partial charge >= 0.3 is 0 Å². The first-order chi connectivity index (χ1) is 10.8. The number of nitrogens with zero attached hydrogens (tertiary/aromatic N) is 2. The van der Waals surface area contributed by atoms with Gasteiger partial charge in [0.1, 0.15) is 0 Å². The van der Waals surface area contributed by atoms with E-state index in [-0.39, 0.29) is 0 Å². The summed E-state index contributed by atoms with van der Waals surface area (Å²) in [6.07, 6.45) is 0. The van der Waals surface area contributed by atoms with Gasteiger partial charge in [0.25, 0.3) is 0 Å². The minimum Gasteiger partial charge on any atom is -0.284 e. The van der Waals surface area contributed by atoms with Crippen LogP contribution in [0.4, 0.5) is 5.69 Å². The molecule has 0 aliphatic rings. The summed E-state index contributed by atoms with van der Waals surface area (Å²) >= 11 is 0. The number of hydrogen-bond donors (Lipinski definition) is 0. The first kappa shape index (κ1) is 14.2. The van der Waals surface area contributed by atoms with Gasteiger partial charge in [-0.3, -0.25) is 9.98 Å². The third kappa shape index (κ3) is 2.56. The maximum absolute atomic E-state index is 4.71. The Bertz CT molecular complexity index is 833. The van der Waals surface area contributed by atoms with Crippen LogP contribution in [0.15, 0.2) is 76.7 Å². The molecule has 22 heavy (non-hydrogen) atoms. The molecule has 0 spiro atoms. The SMILES string of the molecule is C=Nc1c(C(=NCC)c2ccccc2)ccc2ccccc12. The zero-order chi connectivity index (χ0) is 15.4. The molecule has 108 valence electrons. The molecule has 0 saturated carbocycles. The van der Waals surface area contributed by atoms with Crippen LogP contribution in [0.1, 0.15) is 18.1 Å². The highest BCUT2D eigenvalue weighted by Gasteiger charge is 2.13. The fraction of sp³-hybridized carbons (Fsp3) is 0.100. The van der Waals surface area contributed by atoms with Crippen LogP contribution in [0.5, 0.6) is 0 Å². The van der Waals surface area contributed by atoms with Gasteiger partial charge in [0.05, 0.1) is 11.4 Å². The van der Waals surface area contributed by atoms with Crippen molar-refractivity contribution in [2.45, 2.75) is 6.92 Å². The van der Waals surface area contributed by atoms with E-state index in [1.165, 1.54) is 0 Å². The molecule has 3 aromatic rings. The minimum atomic E-state index is 0.730. The Morgan fingerprint density at radius 3 is 2.36 bits per heavy atom. The van der Waals surface area contributed by atoms with E-state index in [2.05, 4.69) is 48.1 Å². The fourth-order valence-electron chi connectivity index (χ4n) is 2.70.